The summed E-state index contributed by atoms with van der Waals surface area (Å²) in [6.45, 7) is 1.88. The molecule has 96 valence electrons. The van der Waals surface area contributed by atoms with Gasteiger partial charge in [0, 0.05) is 13.1 Å². The fourth-order valence-corrected chi connectivity index (χ4v) is 2.13. The van der Waals surface area contributed by atoms with E-state index in [0.29, 0.717) is 13.1 Å². The predicted octanol–water partition coefficient (Wildman–Crippen LogP) is 0.873. The summed E-state index contributed by atoms with van der Waals surface area (Å²) in [7, 11) is -3.07. The van der Waals surface area contributed by atoms with Gasteiger partial charge >= 0.3 is 0 Å². The number of hydrogen-bond donors (Lipinski definition) is 2. The van der Waals surface area contributed by atoms with Gasteiger partial charge < -0.3 is 5.32 Å². The number of hydrogen-bond acceptors (Lipinski definition) is 4. The fourth-order valence-electron chi connectivity index (χ4n) is 1.24. The van der Waals surface area contributed by atoms with Gasteiger partial charge in [-0.05, 0) is 41.0 Å². The summed E-state index contributed by atoms with van der Waals surface area (Å²) in [5, 5.41) is 3.20. The maximum absolute atomic E-state index is 10.8. The van der Waals surface area contributed by atoms with Crippen LogP contribution in [0, 0.1) is 0 Å². The quantitative estimate of drug-likeness (QED) is 0.577. The molecule has 0 radical (unpaired) electrons. The molecular weight excluding hydrogens is 306 g/mol. The van der Waals surface area contributed by atoms with Crippen LogP contribution < -0.4 is 10.0 Å². The first kappa shape index (κ1) is 14.6. The lowest BCUT2D eigenvalue weighted by Crippen LogP contribution is -2.26. The molecule has 7 heteroatoms. The Morgan fingerprint density at radius 1 is 1.35 bits per heavy atom. The summed E-state index contributed by atoms with van der Waals surface area (Å²) in [5.74, 6) is 0. The highest BCUT2D eigenvalue weighted by molar-refractivity contribution is 9.10. The van der Waals surface area contributed by atoms with E-state index >= 15 is 0 Å². The number of aromatic nitrogens is 1. The molecule has 0 unspecified atom stereocenters. The van der Waals surface area contributed by atoms with Gasteiger partial charge in [-0.15, -0.1) is 0 Å². The van der Waals surface area contributed by atoms with Crippen molar-refractivity contribution < 1.29 is 8.42 Å². The van der Waals surface area contributed by atoms with Crippen molar-refractivity contribution in [1.29, 1.82) is 0 Å². The van der Waals surface area contributed by atoms with Crippen LogP contribution in [0.1, 0.15) is 12.1 Å². The Morgan fingerprint density at radius 2 is 2.12 bits per heavy atom. The highest BCUT2D eigenvalue weighted by Gasteiger charge is 1.99. The fraction of sp³-hybridized carbons (Fsp3) is 0.500. The van der Waals surface area contributed by atoms with E-state index < -0.39 is 10.0 Å². The van der Waals surface area contributed by atoms with Crippen molar-refractivity contribution in [1.82, 2.24) is 15.0 Å². The number of sulfonamides is 1. The molecule has 0 aromatic carbocycles. The van der Waals surface area contributed by atoms with E-state index in [1.807, 2.05) is 18.2 Å². The second-order valence-electron chi connectivity index (χ2n) is 3.65. The van der Waals surface area contributed by atoms with Gasteiger partial charge in [-0.2, -0.15) is 0 Å². The van der Waals surface area contributed by atoms with Crippen LogP contribution in [0.2, 0.25) is 0 Å². The van der Waals surface area contributed by atoms with Crippen molar-refractivity contribution in [3.05, 3.63) is 28.5 Å². The standard InChI is InChI=1S/C10H16BrN3O2S/c1-17(15,16)13-7-3-6-12-8-9-4-2-5-10(11)14-9/h2,4-5,12-13H,3,6-8H2,1H3. The molecule has 0 bridgehead atoms. The molecule has 1 aromatic rings. The van der Waals surface area contributed by atoms with Crippen LogP contribution in [0.4, 0.5) is 0 Å². The Balaban J connectivity index is 2.13. The van der Waals surface area contributed by atoms with Crippen LogP contribution in [-0.2, 0) is 16.6 Å². The van der Waals surface area contributed by atoms with Gasteiger partial charge in [-0.3, -0.25) is 0 Å². The molecule has 1 aromatic heterocycles. The summed E-state index contributed by atoms with van der Waals surface area (Å²) >= 11 is 3.30. The first-order chi connectivity index (χ1) is 7.97. The zero-order valence-corrected chi connectivity index (χ0v) is 12.0. The number of nitrogens with one attached hydrogen (secondary N) is 2. The van der Waals surface area contributed by atoms with Crippen molar-refractivity contribution >= 4 is 26.0 Å². The lowest BCUT2D eigenvalue weighted by atomic mass is 10.3. The number of halogens is 1. The third-order valence-electron chi connectivity index (χ3n) is 1.97. The molecule has 0 fully saturated rings. The normalized spacial score (nSPS) is 11.6. The van der Waals surface area contributed by atoms with Crippen LogP contribution in [0.25, 0.3) is 0 Å². The minimum absolute atomic E-state index is 0.456. The lowest BCUT2D eigenvalue weighted by Gasteiger charge is -2.05. The van der Waals surface area contributed by atoms with E-state index in [2.05, 4.69) is 31.0 Å². The van der Waals surface area contributed by atoms with E-state index in [4.69, 9.17) is 0 Å². The Kier molecular flexibility index (Phi) is 6.04. The average Bonchev–Trinajstić information content (AvgIpc) is 2.22. The second-order valence-corrected chi connectivity index (χ2v) is 6.29. The van der Waals surface area contributed by atoms with Crippen molar-refractivity contribution in [3.63, 3.8) is 0 Å². The molecule has 1 heterocycles. The number of pyridine rings is 1. The summed E-state index contributed by atoms with van der Waals surface area (Å²) in [6.07, 6.45) is 1.91. The largest absolute Gasteiger partial charge is 0.311 e. The Labute approximate surface area is 110 Å². The van der Waals surface area contributed by atoms with Gasteiger partial charge in [0.05, 0.1) is 11.9 Å². The summed E-state index contributed by atoms with van der Waals surface area (Å²) < 4.78 is 24.8. The third-order valence-corrected chi connectivity index (χ3v) is 3.14. The molecule has 2 N–H and O–H groups in total. The van der Waals surface area contributed by atoms with Gasteiger partial charge in [0.1, 0.15) is 4.60 Å². The molecule has 1 rings (SSSR count). The molecule has 5 nitrogen and oxygen atoms in total. The van der Waals surface area contributed by atoms with Crippen LogP contribution in [0.3, 0.4) is 0 Å². The van der Waals surface area contributed by atoms with Gasteiger partial charge in [0.25, 0.3) is 0 Å². The first-order valence-electron chi connectivity index (χ1n) is 5.24. The van der Waals surface area contributed by atoms with Gasteiger partial charge in [0.15, 0.2) is 0 Å². The minimum atomic E-state index is -3.07. The highest BCUT2D eigenvalue weighted by Crippen LogP contribution is 2.05. The van der Waals surface area contributed by atoms with Crippen molar-refractivity contribution in [2.24, 2.45) is 0 Å². The van der Waals surface area contributed by atoms with Gasteiger partial charge in [-0.1, -0.05) is 6.07 Å². The molecule has 0 aliphatic heterocycles. The van der Waals surface area contributed by atoms with Crippen molar-refractivity contribution in [2.75, 3.05) is 19.3 Å². The van der Waals surface area contributed by atoms with E-state index in [0.717, 1.165) is 29.5 Å². The highest BCUT2D eigenvalue weighted by atomic mass is 79.9. The lowest BCUT2D eigenvalue weighted by molar-refractivity contribution is 0.578. The van der Waals surface area contributed by atoms with Crippen LogP contribution in [-0.4, -0.2) is 32.7 Å². The number of rotatable bonds is 7. The molecule has 0 atom stereocenters. The Bertz CT molecular complexity index is 451. The minimum Gasteiger partial charge on any atom is -0.311 e. The zero-order valence-electron chi connectivity index (χ0n) is 9.61. The molecular formula is C10H16BrN3O2S. The van der Waals surface area contributed by atoms with Crippen molar-refractivity contribution in [2.45, 2.75) is 13.0 Å². The molecule has 0 aliphatic rings. The SMILES string of the molecule is CS(=O)(=O)NCCCNCc1cccc(Br)n1. The third kappa shape index (κ3) is 7.43. The van der Waals surface area contributed by atoms with Crippen LogP contribution in [0.15, 0.2) is 22.8 Å². The maximum Gasteiger partial charge on any atom is 0.208 e. The second kappa shape index (κ2) is 7.05. The molecule has 0 aliphatic carbocycles. The van der Waals surface area contributed by atoms with E-state index in [-0.39, 0.29) is 0 Å². The van der Waals surface area contributed by atoms with E-state index in [1.165, 1.54) is 0 Å². The van der Waals surface area contributed by atoms with Gasteiger partial charge in [-0.25, -0.2) is 18.1 Å². The molecule has 0 saturated heterocycles. The molecule has 0 saturated carbocycles. The maximum atomic E-state index is 10.8. The topological polar surface area (TPSA) is 71.1 Å². The first-order valence-corrected chi connectivity index (χ1v) is 7.92. The molecule has 0 amide bonds. The summed E-state index contributed by atoms with van der Waals surface area (Å²) in [5.41, 5.74) is 0.954. The Hall–Kier alpha value is -0.500. The Morgan fingerprint density at radius 3 is 2.76 bits per heavy atom. The van der Waals surface area contributed by atoms with Crippen molar-refractivity contribution in [3.8, 4) is 0 Å². The average molecular weight is 322 g/mol. The predicted molar refractivity (Wildman–Crippen MR) is 71.1 cm³/mol. The number of nitrogens with zero attached hydrogens (tertiary/aromatic N) is 1. The van der Waals surface area contributed by atoms with Crippen LogP contribution >= 0.6 is 15.9 Å². The summed E-state index contributed by atoms with van der Waals surface area (Å²) in [6, 6.07) is 5.74. The summed E-state index contributed by atoms with van der Waals surface area (Å²) in [4.78, 5) is 4.27. The monoisotopic (exact) mass is 321 g/mol. The molecule has 0 spiro atoms. The molecule has 17 heavy (non-hydrogen) atoms. The van der Waals surface area contributed by atoms with E-state index in [9.17, 15) is 8.42 Å². The van der Waals surface area contributed by atoms with Gasteiger partial charge in [0.2, 0.25) is 10.0 Å². The van der Waals surface area contributed by atoms with E-state index in [1.54, 1.807) is 0 Å². The van der Waals surface area contributed by atoms with Crippen LogP contribution in [0.5, 0.6) is 0 Å². The zero-order chi connectivity index (χ0) is 12.7. The smallest absolute Gasteiger partial charge is 0.208 e.